The van der Waals surface area contributed by atoms with Crippen molar-refractivity contribution in [3.05, 3.63) is 30.1 Å². The van der Waals surface area contributed by atoms with Crippen LogP contribution in [0, 0.1) is 0 Å². The standard InChI is InChI=1S/C13H21N3O/c1-10(2)16-13(17)11(3)15-9-6-12-4-7-14-8-5-12/h4-5,7-8,10-11,15H,6,9H2,1-3H3,(H,16,17). The van der Waals surface area contributed by atoms with Gasteiger partial charge in [0.1, 0.15) is 0 Å². The van der Waals surface area contributed by atoms with Crippen LogP contribution < -0.4 is 10.6 Å². The minimum atomic E-state index is -0.153. The van der Waals surface area contributed by atoms with E-state index < -0.39 is 0 Å². The first-order valence-electron chi connectivity index (χ1n) is 6.02. The molecule has 1 unspecified atom stereocenters. The Hall–Kier alpha value is -1.42. The molecule has 0 aliphatic heterocycles. The van der Waals surface area contributed by atoms with E-state index in [9.17, 15) is 4.79 Å². The molecule has 0 aromatic carbocycles. The van der Waals surface area contributed by atoms with E-state index in [4.69, 9.17) is 0 Å². The molecule has 1 rings (SSSR count). The maximum absolute atomic E-state index is 11.6. The SMILES string of the molecule is CC(C)NC(=O)C(C)NCCc1ccncc1. The number of hydrogen-bond acceptors (Lipinski definition) is 3. The summed E-state index contributed by atoms with van der Waals surface area (Å²) in [6, 6.07) is 4.01. The highest BCUT2D eigenvalue weighted by Gasteiger charge is 2.11. The number of pyridine rings is 1. The van der Waals surface area contributed by atoms with Crippen LogP contribution in [-0.4, -0.2) is 29.5 Å². The fraction of sp³-hybridized carbons (Fsp3) is 0.538. The van der Waals surface area contributed by atoms with Crippen LogP contribution in [0.3, 0.4) is 0 Å². The summed E-state index contributed by atoms with van der Waals surface area (Å²) in [7, 11) is 0. The third kappa shape index (κ3) is 5.45. The molecule has 0 fully saturated rings. The maximum Gasteiger partial charge on any atom is 0.237 e. The van der Waals surface area contributed by atoms with Gasteiger partial charge in [-0.15, -0.1) is 0 Å². The molecule has 0 radical (unpaired) electrons. The molecule has 0 bridgehead atoms. The summed E-state index contributed by atoms with van der Waals surface area (Å²) in [6.45, 7) is 6.59. The second kappa shape index (κ2) is 7.01. The molecule has 0 saturated heterocycles. The Morgan fingerprint density at radius 3 is 2.53 bits per heavy atom. The Morgan fingerprint density at radius 2 is 1.94 bits per heavy atom. The van der Waals surface area contributed by atoms with Gasteiger partial charge in [-0.2, -0.15) is 0 Å². The monoisotopic (exact) mass is 235 g/mol. The summed E-state index contributed by atoms with van der Waals surface area (Å²) in [5.74, 6) is 0.0507. The van der Waals surface area contributed by atoms with E-state index in [0.29, 0.717) is 0 Å². The van der Waals surface area contributed by atoms with Crippen molar-refractivity contribution < 1.29 is 4.79 Å². The smallest absolute Gasteiger partial charge is 0.237 e. The van der Waals surface area contributed by atoms with Crippen molar-refractivity contribution in [3.63, 3.8) is 0 Å². The van der Waals surface area contributed by atoms with E-state index >= 15 is 0 Å². The first-order chi connectivity index (χ1) is 8.09. The minimum Gasteiger partial charge on any atom is -0.353 e. The van der Waals surface area contributed by atoms with Crippen molar-refractivity contribution >= 4 is 5.91 Å². The van der Waals surface area contributed by atoms with Gasteiger partial charge in [0.25, 0.3) is 0 Å². The van der Waals surface area contributed by atoms with Crippen molar-refractivity contribution in [2.75, 3.05) is 6.54 Å². The van der Waals surface area contributed by atoms with E-state index in [1.54, 1.807) is 12.4 Å². The van der Waals surface area contributed by atoms with Crippen molar-refractivity contribution in [1.29, 1.82) is 0 Å². The van der Waals surface area contributed by atoms with Crippen LogP contribution in [0.4, 0.5) is 0 Å². The number of carbonyl (C=O) groups excluding carboxylic acids is 1. The largest absolute Gasteiger partial charge is 0.353 e. The number of carbonyl (C=O) groups is 1. The molecule has 1 atom stereocenters. The number of rotatable bonds is 6. The fourth-order valence-corrected chi connectivity index (χ4v) is 1.48. The second-order valence-corrected chi connectivity index (χ2v) is 4.44. The van der Waals surface area contributed by atoms with Gasteiger partial charge in [-0.05, 0) is 51.4 Å². The second-order valence-electron chi connectivity index (χ2n) is 4.44. The van der Waals surface area contributed by atoms with Crippen LogP contribution in [0.2, 0.25) is 0 Å². The Kier molecular flexibility index (Phi) is 5.63. The van der Waals surface area contributed by atoms with E-state index in [2.05, 4.69) is 15.6 Å². The molecule has 0 saturated carbocycles. The Bertz CT molecular complexity index is 338. The predicted molar refractivity (Wildman–Crippen MR) is 68.7 cm³/mol. The molecule has 4 nitrogen and oxygen atoms in total. The highest BCUT2D eigenvalue weighted by Crippen LogP contribution is 1.96. The summed E-state index contributed by atoms with van der Waals surface area (Å²) >= 11 is 0. The van der Waals surface area contributed by atoms with Gasteiger partial charge < -0.3 is 10.6 Å². The summed E-state index contributed by atoms with van der Waals surface area (Å²) in [4.78, 5) is 15.6. The lowest BCUT2D eigenvalue weighted by molar-refractivity contribution is -0.123. The topological polar surface area (TPSA) is 54.0 Å². The number of nitrogens with one attached hydrogen (secondary N) is 2. The van der Waals surface area contributed by atoms with Crippen molar-refractivity contribution in [2.24, 2.45) is 0 Å². The van der Waals surface area contributed by atoms with E-state index in [0.717, 1.165) is 13.0 Å². The molecule has 1 aromatic heterocycles. The molecule has 1 aromatic rings. The van der Waals surface area contributed by atoms with E-state index in [1.165, 1.54) is 5.56 Å². The van der Waals surface area contributed by atoms with E-state index in [1.807, 2.05) is 32.9 Å². The molecule has 0 aliphatic carbocycles. The van der Waals surface area contributed by atoms with Crippen LogP contribution in [0.1, 0.15) is 26.3 Å². The molecule has 1 amide bonds. The first kappa shape index (κ1) is 13.6. The quantitative estimate of drug-likeness (QED) is 0.777. The highest BCUT2D eigenvalue weighted by atomic mass is 16.2. The van der Waals surface area contributed by atoms with Gasteiger partial charge in [0.15, 0.2) is 0 Å². The molecule has 2 N–H and O–H groups in total. The lowest BCUT2D eigenvalue weighted by atomic mass is 10.2. The third-order valence-electron chi connectivity index (χ3n) is 2.44. The molecule has 17 heavy (non-hydrogen) atoms. The molecular weight excluding hydrogens is 214 g/mol. The Balaban J connectivity index is 2.24. The van der Waals surface area contributed by atoms with Crippen molar-refractivity contribution in [1.82, 2.24) is 15.6 Å². The minimum absolute atomic E-state index is 0.0507. The van der Waals surface area contributed by atoms with Crippen molar-refractivity contribution in [2.45, 2.75) is 39.3 Å². The Labute approximate surface area is 103 Å². The zero-order valence-electron chi connectivity index (χ0n) is 10.7. The van der Waals surface area contributed by atoms with Gasteiger partial charge in [0.2, 0.25) is 5.91 Å². The highest BCUT2D eigenvalue weighted by molar-refractivity contribution is 5.81. The average molecular weight is 235 g/mol. The Morgan fingerprint density at radius 1 is 1.29 bits per heavy atom. The molecule has 94 valence electrons. The van der Waals surface area contributed by atoms with Gasteiger partial charge in [0.05, 0.1) is 6.04 Å². The molecule has 1 heterocycles. The maximum atomic E-state index is 11.6. The first-order valence-corrected chi connectivity index (χ1v) is 6.02. The van der Waals surface area contributed by atoms with Gasteiger partial charge in [-0.3, -0.25) is 9.78 Å². The fourth-order valence-electron chi connectivity index (χ4n) is 1.48. The van der Waals surface area contributed by atoms with Gasteiger partial charge in [-0.1, -0.05) is 0 Å². The number of hydrogen-bond donors (Lipinski definition) is 2. The summed E-state index contributed by atoms with van der Waals surface area (Å²) in [6.07, 6.45) is 4.47. The summed E-state index contributed by atoms with van der Waals surface area (Å²) in [5, 5.41) is 6.08. The zero-order valence-corrected chi connectivity index (χ0v) is 10.7. The summed E-state index contributed by atoms with van der Waals surface area (Å²) < 4.78 is 0. The molecule has 0 spiro atoms. The van der Waals surface area contributed by atoms with E-state index in [-0.39, 0.29) is 18.0 Å². The number of aromatic nitrogens is 1. The van der Waals surface area contributed by atoms with Crippen LogP contribution in [0.25, 0.3) is 0 Å². The van der Waals surface area contributed by atoms with Gasteiger partial charge in [-0.25, -0.2) is 0 Å². The zero-order chi connectivity index (χ0) is 12.7. The average Bonchev–Trinajstić information content (AvgIpc) is 2.29. The lowest BCUT2D eigenvalue weighted by Gasteiger charge is -2.15. The van der Waals surface area contributed by atoms with Crippen LogP contribution in [0.15, 0.2) is 24.5 Å². The van der Waals surface area contributed by atoms with Crippen molar-refractivity contribution in [3.8, 4) is 0 Å². The molecule has 4 heteroatoms. The van der Waals surface area contributed by atoms with Crippen LogP contribution in [0.5, 0.6) is 0 Å². The van der Waals surface area contributed by atoms with Gasteiger partial charge >= 0.3 is 0 Å². The third-order valence-corrected chi connectivity index (χ3v) is 2.44. The molecular formula is C13H21N3O. The predicted octanol–water partition coefficient (Wildman–Crippen LogP) is 1.13. The lowest BCUT2D eigenvalue weighted by Crippen LogP contribution is -2.45. The number of nitrogens with zero attached hydrogens (tertiary/aromatic N) is 1. The van der Waals surface area contributed by atoms with Crippen LogP contribution >= 0.6 is 0 Å². The van der Waals surface area contributed by atoms with Gasteiger partial charge in [0, 0.05) is 18.4 Å². The summed E-state index contributed by atoms with van der Waals surface area (Å²) in [5.41, 5.74) is 1.23. The molecule has 0 aliphatic rings. The number of amides is 1. The van der Waals surface area contributed by atoms with Crippen LogP contribution in [-0.2, 0) is 11.2 Å². The normalized spacial score (nSPS) is 12.5.